The average molecular weight is 459 g/mol. The van der Waals surface area contributed by atoms with Crippen LogP contribution in [0.2, 0.25) is 0 Å². The number of aromatic nitrogens is 2. The van der Waals surface area contributed by atoms with Crippen LogP contribution in [0, 0.1) is 6.92 Å². The van der Waals surface area contributed by atoms with Crippen LogP contribution in [0.1, 0.15) is 12.0 Å². The second-order valence-electron chi connectivity index (χ2n) is 8.39. The van der Waals surface area contributed by atoms with E-state index in [0.29, 0.717) is 31.4 Å². The number of fused-ring (bicyclic) bond motifs is 1. The number of rotatable bonds is 5. The van der Waals surface area contributed by atoms with Crippen LogP contribution in [-0.4, -0.2) is 46.5 Å². The van der Waals surface area contributed by atoms with Crippen molar-refractivity contribution in [3.8, 4) is 11.1 Å². The first-order chi connectivity index (χ1) is 16.1. The van der Waals surface area contributed by atoms with Gasteiger partial charge in [-0.25, -0.2) is 4.98 Å². The molecule has 0 aliphatic carbocycles. The van der Waals surface area contributed by atoms with E-state index in [4.69, 9.17) is 0 Å². The predicted octanol–water partition coefficient (Wildman–Crippen LogP) is 4.17. The first-order valence-electron chi connectivity index (χ1n) is 11.2. The Labute approximate surface area is 196 Å². The van der Waals surface area contributed by atoms with Crippen molar-refractivity contribution in [1.29, 1.82) is 0 Å². The zero-order chi connectivity index (χ0) is 22.8. The molecule has 2 aromatic heterocycles. The van der Waals surface area contributed by atoms with Gasteiger partial charge in [-0.1, -0.05) is 48.0 Å². The van der Waals surface area contributed by atoms with Crippen LogP contribution in [0.3, 0.4) is 0 Å². The predicted molar refractivity (Wildman–Crippen MR) is 134 cm³/mol. The van der Waals surface area contributed by atoms with Crippen molar-refractivity contribution in [3.63, 3.8) is 0 Å². The number of nitrogens with zero attached hydrogens (tertiary/aromatic N) is 4. The number of thiophene rings is 1. The monoisotopic (exact) mass is 458 g/mol. The summed E-state index contributed by atoms with van der Waals surface area (Å²) in [6.07, 6.45) is 1.86. The molecule has 0 atom stereocenters. The smallest absolute Gasteiger partial charge is 0.262 e. The van der Waals surface area contributed by atoms with Crippen LogP contribution < -0.4 is 10.5 Å². The fourth-order valence-corrected chi connectivity index (χ4v) is 5.21. The van der Waals surface area contributed by atoms with Gasteiger partial charge in [0.1, 0.15) is 4.83 Å². The first kappa shape index (κ1) is 21.4. The van der Waals surface area contributed by atoms with Gasteiger partial charge < -0.3 is 9.80 Å². The molecule has 1 amide bonds. The lowest BCUT2D eigenvalue weighted by atomic mass is 10.1. The van der Waals surface area contributed by atoms with Gasteiger partial charge in [0.05, 0.1) is 11.7 Å². The molecule has 1 saturated heterocycles. The lowest BCUT2D eigenvalue weighted by Gasteiger charge is -2.36. The topological polar surface area (TPSA) is 58.4 Å². The highest BCUT2D eigenvalue weighted by Crippen LogP contribution is 2.30. The van der Waals surface area contributed by atoms with Gasteiger partial charge in [-0.2, -0.15) is 0 Å². The molecule has 0 bridgehead atoms. The Morgan fingerprint density at radius 1 is 1.00 bits per heavy atom. The Balaban J connectivity index is 1.27. The Bertz CT molecular complexity index is 1320. The molecule has 3 heterocycles. The van der Waals surface area contributed by atoms with Gasteiger partial charge >= 0.3 is 0 Å². The van der Waals surface area contributed by atoms with Gasteiger partial charge in [-0.3, -0.25) is 14.2 Å². The van der Waals surface area contributed by atoms with E-state index in [0.717, 1.165) is 29.0 Å². The molecule has 0 unspecified atom stereocenters. The maximum absolute atomic E-state index is 13.2. The standard InChI is InChI=1S/C26H26N4O2S/c1-19-7-9-20(10-8-19)22-17-33-25-24(22)26(32)30(18-27-25)12-11-23(31)29-15-13-28(14-16-29)21-5-3-2-4-6-21/h2-10,17-18H,11-16H2,1H3. The third-order valence-corrected chi connectivity index (χ3v) is 7.13. The van der Waals surface area contributed by atoms with Crippen molar-refractivity contribution >= 4 is 33.1 Å². The first-order valence-corrected chi connectivity index (χ1v) is 12.1. The number of hydrogen-bond donors (Lipinski definition) is 0. The normalized spacial score (nSPS) is 14.1. The molecule has 1 fully saturated rings. The van der Waals surface area contributed by atoms with Crippen LogP contribution >= 0.6 is 11.3 Å². The van der Waals surface area contributed by atoms with Crippen molar-refractivity contribution in [2.24, 2.45) is 0 Å². The van der Waals surface area contributed by atoms with Gasteiger partial charge in [0.15, 0.2) is 0 Å². The zero-order valence-electron chi connectivity index (χ0n) is 18.6. The summed E-state index contributed by atoms with van der Waals surface area (Å²) in [7, 11) is 0. The van der Waals surface area contributed by atoms with Crippen molar-refractivity contribution in [2.45, 2.75) is 19.9 Å². The number of carbonyl (C=O) groups excluding carboxylic acids is 1. The molecular formula is C26H26N4O2S. The van der Waals surface area contributed by atoms with E-state index >= 15 is 0 Å². The molecule has 1 aliphatic heterocycles. The molecule has 0 N–H and O–H groups in total. The summed E-state index contributed by atoms with van der Waals surface area (Å²) in [5, 5.41) is 2.63. The molecular weight excluding hydrogens is 432 g/mol. The molecule has 33 heavy (non-hydrogen) atoms. The second-order valence-corrected chi connectivity index (χ2v) is 9.25. The third-order valence-electron chi connectivity index (χ3n) is 6.24. The Morgan fingerprint density at radius 3 is 2.45 bits per heavy atom. The van der Waals surface area contributed by atoms with Crippen molar-refractivity contribution in [1.82, 2.24) is 14.5 Å². The van der Waals surface area contributed by atoms with Gasteiger partial charge in [-0.15, -0.1) is 11.3 Å². The molecule has 1 aliphatic rings. The number of para-hydroxylation sites is 1. The molecule has 5 rings (SSSR count). The van der Waals surface area contributed by atoms with Crippen LogP contribution in [0.25, 0.3) is 21.3 Å². The SMILES string of the molecule is Cc1ccc(-c2csc3ncn(CCC(=O)N4CCN(c5ccccc5)CC4)c(=O)c23)cc1. The lowest BCUT2D eigenvalue weighted by molar-refractivity contribution is -0.131. The summed E-state index contributed by atoms with van der Waals surface area (Å²) >= 11 is 1.48. The fraction of sp³-hybridized carbons (Fsp3) is 0.269. The van der Waals surface area contributed by atoms with E-state index in [2.05, 4.69) is 22.0 Å². The Morgan fingerprint density at radius 2 is 1.73 bits per heavy atom. The quantitative estimate of drug-likeness (QED) is 0.450. The Kier molecular flexibility index (Phi) is 5.96. The number of anilines is 1. The summed E-state index contributed by atoms with van der Waals surface area (Å²) in [5.74, 6) is 0.0822. The summed E-state index contributed by atoms with van der Waals surface area (Å²) in [6.45, 7) is 5.41. The van der Waals surface area contributed by atoms with Crippen molar-refractivity contribution in [3.05, 3.63) is 82.2 Å². The number of benzene rings is 2. The maximum Gasteiger partial charge on any atom is 0.262 e. The van der Waals surface area contributed by atoms with E-state index in [9.17, 15) is 9.59 Å². The van der Waals surface area contributed by atoms with Crippen LogP contribution in [-0.2, 0) is 11.3 Å². The van der Waals surface area contributed by atoms with E-state index in [-0.39, 0.29) is 11.5 Å². The zero-order valence-corrected chi connectivity index (χ0v) is 19.4. The number of carbonyl (C=O) groups is 1. The second kappa shape index (κ2) is 9.19. The lowest BCUT2D eigenvalue weighted by Crippen LogP contribution is -2.49. The molecule has 0 spiro atoms. The van der Waals surface area contributed by atoms with Gasteiger partial charge in [-0.05, 0) is 24.6 Å². The van der Waals surface area contributed by atoms with Gasteiger partial charge in [0.2, 0.25) is 5.91 Å². The molecule has 6 nitrogen and oxygen atoms in total. The summed E-state index contributed by atoms with van der Waals surface area (Å²) in [6, 6.07) is 18.4. The molecule has 4 aromatic rings. The molecule has 7 heteroatoms. The van der Waals surface area contributed by atoms with Crippen molar-refractivity contribution < 1.29 is 4.79 Å². The number of hydrogen-bond acceptors (Lipinski definition) is 5. The molecule has 168 valence electrons. The number of aryl methyl sites for hydroxylation is 2. The minimum absolute atomic E-state index is 0.0822. The van der Waals surface area contributed by atoms with Crippen LogP contribution in [0.15, 0.2) is 71.1 Å². The number of amides is 1. The van der Waals surface area contributed by atoms with E-state index in [1.807, 2.05) is 59.7 Å². The maximum atomic E-state index is 13.2. The number of piperazine rings is 1. The highest BCUT2D eigenvalue weighted by molar-refractivity contribution is 7.17. The summed E-state index contributed by atoms with van der Waals surface area (Å²) in [4.78, 5) is 35.5. The van der Waals surface area contributed by atoms with E-state index in [1.54, 1.807) is 10.9 Å². The van der Waals surface area contributed by atoms with E-state index < -0.39 is 0 Å². The third kappa shape index (κ3) is 4.41. The minimum atomic E-state index is -0.0847. The highest BCUT2D eigenvalue weighted by Gasteiger charge is 2.21. The van der Waals surface area contributed by atoms with E-state index in [1.165, 1.54) is 22.6 Å². The van der Waals surface area contributed by atoms with Crippen LogP contribution in [0.4, 0.5) is 5.69 Å². The molecule has 0 radical (unpaired) electrons. The summed E-state index contributed by atoms with van der Waals surface area (Å²) in [5.41, 5.74) is 4.20. The summed E-state index contributed by atoms with van der Waals surface area (Å²) < 4.78 is 1.57. The van der Waals surface area contributed by atoms with Gasteiger partial charge in [0, 0.05) is 55.8 Å². The largest absolute Gasteiger partial charge is 0.368 e. The molecule has 2 aromatic carbocycles. The van der Waals surface area contributed by atoms with Crippen molar-refractivity contribution in [2.75, 3.05) is 31.1 Å². The average Bonchev–Trinajstić information content (AvgIpc) is 3.29. The Hall–Kier alpha value is -3.45. The highest BCUT2D eigenvalue weighted by atomic mass is 32.1. The van der Waals surface area contributed by atoms with Gasteiger partial charge in [0.25, 0.3) is 5.56 Å². The fourth-order valence-electron chi connectivity index (χ4n) is 4.30. The minimum Gasteiger partial charge on any atom is -0.368 e. The van der Waals surface area contributed by atoms with Crippen LogP contribution in [0.5, 0.6) is 0 Å². The molecule has 0 saturated carbocycles.